The Kier molecular flexibility index (Phi) is 6.62. The second-order valence-electron chi connectivity index (χ2n) is 7.21. The molecule has 0 atom stereocenters. The van der Waals surface area contributed by atoms with Gasteiger partial charge in [-0.2, -0.15) is 0 Å². The summed E-state index contributed by atoms with van der Waals surface area (Å²) in [5, 5.41) is 2.71. The maximum Gasteiger partial charge on any atom is 0.261 e. The monoisotopic (exact) mass is 390 g/mol. The van der Waals surface area contributed by atoms with E-state index in [0.717, 1.165) is 5.56 Å². The first kappa shape index (κ1) is 20.9. The van der Waals surface area contributed by atoms with Gasteiger partial charge in [0, 0.05) is 24.9 Å². The molecule has 7 heteroatoms. The van der Waals surface area contributed by atoms with Gasteiger partial charge in [-0.1, -0.05) is 32.9 Å². The van der Waals surface area contributed by atoms with E-state index in [-0.39, 0.29) is 16.2 Å². The lowest BCUT2D eigenvalue weighted by molar-refractivity contribution is 0.0937. The maximum absolute atomic E-state index is 12.6. The fourth-order valence-electron chi connectivity index (χ4n) is 2.41. The molecule has 2 rings (SSSR count). The van der Waals surface area contributed by atoms with Crippen LogP contribution in [0.2, 0.25) is 0 Å². The summed E-state index contributed by atoms with van der Waals surface area (Å²) < 4.78 is 32.5. The zero-order valence-electron chi connectivity index (χ0n) is 16.1. The number of benzene rings is 2. The molecule has 0 aromatic heterocycles. The lowest BCUT2D eigenvalue weighted by atomic mass is 9.87. The molecule has 0 aliphatic rings. The molecule has 2 aromatic carbocycles. The second kappa shape index (κ2) is 8.54. The Balaban J connectivity index is 2.08. The molecule has 0 aliphatic heterocycles. The van der Waals surface area contributed by atoms with E-state index in [9.17, 15) is 13.2 Å². The molecule has 6 nitrogen and oxygen atoms in total. The van der Waals surface area contributed by atoms with E-state index in [1.165, 1.54) is 0 Å². The van der Waals surface area contributed by atoms with Crippen LogP contribution in [0.3, 0.4) is 0 Å². The minimum atomic E-state index is -3.69. The average molecular weight is 391 g/mol. The molecule has 2 aromatic rings. The molecule has 1 amide bonds. The summed E-state index contributed by atoms with van der Waals surface area (Å²) in [4.78, 5) is 12.1. The van der Waals surface area contributed by atoms with Gasteiger partial charge in [0.25, 0.3) is 15.9 Å². The Hall–Kier alpha value is -2.38. The van der Waals surface area contributed by atoms with Crippen LogP contribution >= 0.6 is 0 Å². The fraction of sp³-hybridized carbons (Fsp3) is 0.350. The van der Waals surface area contributed by atoms with Crippen LogP contribution in [-0.2, 0) is 20.2 Å². The number of carbonyl (C=O) groups excluding carboxylic acids is 1. The van der Waals surface area contributed by atoms with E-state index >= 15 is 0 Å². The van der Waals surface area contributed by atoms with Crippen molar-refractivity contribution in [2.24, 2.45) is 0 Å². The highest BCUT2D eigenvalue weighted by Crippen LogP contribution is 2.24. The Morgan fingerprint density at radius 3 is 2.11 bits per heavy atom. The average Bonchev–Trinajstić information content (AvgIpc) is 2.61. The molecule has 0 aliphatic carbocycles. The molecule has 0 fully saturated rings. The zero-order valence-corrected chi connectivity index (χ0v) is 16.9. The number of hydrogen-bond donors (Lipinski definition) is 2. The molecule has 0 unspecified atom stereocenters. The van der Waals surface area contributed by atoms with E-state index in [2.05, 4.69) is 30.8 Å². The van der Waals surface area contributed by atoms with E-state index in [1.807, 2.05) is 12.1 Å². The third-order valence-electron chi connectivity index (χ3n) is 4.02. The van der Waals surface area contributed by atoms with Crippen molar-refractivity contribution >= 4 is 21.6 Å². The van der Waals surface area contributed by atoms with Gasteiger partial charge in [-0.25, -0.2) is 8.42 Å². The van der Waals surface area contributed by atoms with E-state index in [0.29, 0.717) is 24.4 Å². The molecule has 27 heavy (non-hydrogen) atoms. The number of anilines is 1. The number of carbonyl (C=O) groups is 1. The second-order valence-corrected chi connectivity index (χ2v) is 8.89. The van der Waals surface area contributed by atoms with Crippen molar-refractivity contribution in [3.63, 3.8) is 0 Å². The van der Waals surface area contributed by atoms with Crippen LogP contribution in [0.15, 0.2) is 53.4 Å². The fourth-order valence-corrected chi connectivity index (χ4v) is 3.47. The van der Waals surface area contributed by atoms with Gasteiger partial charge in [0.05, 0.1) is 11.5 Å². The number of rotatable bonds is 7. The van der Waals surface area contributed by atoms with Gasteiger partial charge in [0.2, 0.25) is 0 Å². The summed E-state index contributed by atoms with van der Waals surface area (Å²) in [6, 6.07) is 13.1. The third-order valence-corrected chi connectivity index (χ3v) is 5.42. The summed E-state index contributed by atoms with van der Waals surface area (Å²) in [5.41, 5.74) is 1.85. The lowest BCUT2D eigenvalue weighted by Gasteiger charge is -2.19. The largest absolute Gasteiger partial charge is 0.383 e. The third kappa shape index (κ3) is 5.80. The quantitative estimate of drug-likeness (QED) is 0.711. The number of methoxy groups -OCH3 is 1. The normalized spacial score (nSPS) is 11.9. The van der Waals surface area contributed by atoms with Crippen LogP contribution in [0.25, 0.3) is 0 Å². The topological polar surface area (TPSA) is 84.5 Å². The number of sulfonamides is 1. The van der Waals surface area contributed by atoms with Crippen molar-refractivity contribution in [1.82, 2.24) is 5.32 Å². The van der Waals surface area contributed by atoms with Gasteiger partial charge in [0.15, 0.2) is 0 Å². The Morgan fingerprint density at radius 1 is 1.00 bits per heavy atom. The number of ether oxygens (including phenoxy) is 1. The summed E-state index contributed by atoms with van der Waals surface area (Å²) in [6.07, 6.45) is 0. The smallest absolute Gasteiger partial charge is 0.261 e. The van der Waals surface area contributed by atoms with E-state index < -0.39 is 10.0 Å². The maximum atomic E-state index is 12.6. The van der Waals surface area contributed by atoms with Gasteiger partial charge in [-0.3, -0.25) is 9.52 Å². The number of hydrogen-bond acceptors (Lipinski definition) is 4. The predicted molar refractivity (Wildman–Crippen MR) is 107 cm³/mol. The number of amides is 1. The molecular formula is C20H26N2O4S. The van der Waals surface area contributed by atoms with Crippen molar-refractivity contribution in [2.75, 3.05) is 25.0 Å². The van der Waals surface area contributed by atoms with Crippen molar-refractivity contribution in [1.29, 1.82) is 0 Å². The van der Waals surface area contributed by atoms with Gasteiger partial charge in [-0.05, 0) is 47.4 Å². The number of nitrogens with one attached hydrogen (secondary N) is 2. The summed E-state index contributed by atoms with van der Waals surface area (Å²) >= 11 is 0. The molecular weight excluding hydrogens is 364 g/mol. The van der Waals surface area contributed by atoms with Gasteiger partial charge in [0.1, 0.15) is 0 Å². The first-order valence-electron chi connectivity index (χ1n) is 8.64. The minimum absolute atomic E-state index is 0.0463. The molecule has 0 spiro atoms. The van der Waals surface area contributed by atoms with E-state index in [1.54, 1.807) is 43.5 Å². The highest BCUT2D eigenvalue weighted by Gasteiger charge is 2.18. The molecule has 0 bridgehead atoms. The van der Waals surface area contributed by atoms with Gasteiger partial charge < -0.3 is 10.1 Å². The van der Waals surface area contributed by atoms with Crippen LogP contribution in [0.4, 0.5) is 5.69 Å². The minimum Gasteiger partial charge on any atom is -0.383 e. The molecule has 0 saturated heterocycles. The Bertz CT molecular complexity index is 868. The molecule has 2 N–H and O–H groups in total. The zero-order chi connectivity index (χ0) is 20.1. The first-order chi connectivity index (χ1) is 12.6. The Labute approximate surface area is 161 Å². The Morgan fingerprint density at radius 2 is 1.59 bits per heavy atom. The van der Waals surface area contributed by atoms with Crippen LogP contribution in [-0.4, -0.2) is 34.6 Å². The van der Waals surface area contributed by atoms with Gasteiger partial charge >= 0.3 is 0 Å². The van der Waals surface area contributed by atoms with Crippen molar-refractivity contribution in [2.45, 2.75) is 31.1 Å². The summed E-state index contributed by atoms with van der Waals surface area (Å²) in [5.74, 6) is -0.237. The summed E-state index contributed by atoms with van der Waals surface area (Å²) in [6.45, 7) is 7.05. The van der Waals surface area contributed by atoms with Crippen LogP contribution < -0.4 is 10.0 Å². The highest BCUT2D eigenvalue weighted by atomic mass is 32.2. The molecule has 0 saturated carbocycles. The molecule has 146 valence electrons. The van der Waals surface area contributed by atoms with Crippen molar-refractivity contribution in [3.05, 3.63) is 59.7 Å². The van der Waals surface area contributed by atoms with Crippen LogP contribution in [0.5, 0.6) is 0 Å². The van der Waals surface area contributed by atoms with Crippen LogP contribution in [0, 0.1) is 0 Å². The van der Waals surface area contributed by atoms with Gasteiger partial charge in [-0.15, -0.1) is 0 Å². The molecule has 0 radical (unpaired) electrons. The SMILES string of the molecule is COCCNC(=O)c1ccc(NS(=O)(=O)c2ccc(C(C)(C)C)cc2)cc1. The first-order valence-corrected chi connectivity index (χ1v) is 10.1. The van der Waals surface area contributed by atoms with Crippen molar-refractivity contribution in [3.8, 4) is 0 Å². The standard InChI is InChI=1S/C20H26N2O4S/c1-20(2,3)16-7-11-18(12-8-16)27(24,25)22-17-9-5-15(6-10-17)19(23)21-13-14-26-4/h5-12,22H,13-14H2,1-4H3,(H,21,23). The molecule has 0 heterocycles. The predicted octanol–water partition coefficient (Wildman–Crippen LogP) is 3.16. The lowest BCUT2D eigenvalue weighted by Crippen LogP contribution is -2.26. The highest BCUT2D eigenvalue weighted by molar-refractivity contribution is 7.92. The van der Waals surface area contributed by atoms with Crippen LogP contribution in [0.1, 0.15) is 36.7 Å². The van der Waals surface area contributed by atoms with E-state index in [4.69, 9.17) is 4.74 Å². The van der Waals surface area contributed by atoms with Crippen molar-refractivity contribution < 1.29 is 17.9 Å². The summed E-state index contributed by atoms with van der Waals surface area (Å²) in [7, 11) is -2.13.